The predicted octanol–water partition coefficient (Wildman–Crippen LogP) is 3.74. The maximum atomic E-state index is 12.5. The number of nitrogens with zero attached hydrogens (tertiary/aromatic N) is 1. The van der Waals surface area contributed by atoms with Gasteiger partial charge in [0.15, 0.2) is 6.10 Å². The second-order valence-corrected chi connectivity index (χ2v) is 7.15. The third kappa shape index (κ3) is 4.28. The first-order valence-corrected chi connectivity index (χ1v) is 9.23. The summed E-state index contributed by atoms with van der Waals surface area (Å²) >= 11 is 0. The van der Waals surface area contributed by atoms with Crippen LogP contribution in [0.5, 0.6) is 5.75 Å². The maximum Gasteiger partial charge on any atom is 0.375 e. The predicted molar refractivity (Wildman–Crippen MR) is 104 cm³/mol. The summed E-state index contributed by atoms with van der Waals surface area (Å²) in [6, 6.07) is 7.37. The molecule has 0 aliphatic rings. The van der Waals surface area contributed by atoms with Gasteiger partial charge in [-0.2, -0.15) is 5.26 Å². The number of hydrogen-bond donors (Lipinski definition) is 1. The number of furan rings is 1. The number of fused-ring (bicyclic) bond motifs is 1. The third-order valence-corrected chi connectivity index (χ3v) is 4.83. The summed E-state index contributed by atoms with van der Waals surface area (Å²) in [5, 5.41) is 12.7. The molecule has 0 aliphatic heterocycles. The smallest absolute Gasteiger partial charge is 0.375 e. The molecule has 1 aromatic carbocycles. The summed E-state index contributed by atoms with van der Waals surface area (Å²) in [5.41, 5.74) is 0.0861. The Bertz CT molecular complexity index is 925. The number of carbonyl (C=O) groups is 2. The lowest BCUT2D eigenvalue weighted by atomic mass is 9.90. The zero-order chi connectivity index (χ0) is 21.1. The van der Waals surface area contributed by atoms with Crippen molar-refractivity contribution >= 4 is 22.8 Å². The number of benzene rings is 1. The summed E-state index contributed by atoms with van der Waals surface area (Å²) in [6.45, 7) is 10.9. The molecule has 0 radical (unpaired) electrons. The molecule has 0 bridgehead atoms. The summed E-state index contributed by atoms with van der Waals surface area (Å²) in [6.07, 6.45) is -1.08. The number of hydrogen-bond acceptors (Lipinski definition) is 6. The van der Waals surface area contributed by atoms with Gasteiger partial charge in [-0.15, -0.1) is 0 Å². The van der Waals surface area contributed by atoms with E-state index in [1.54, 1.807) is 32.0 Å². The molecule has 7 heteroatoms. The highest BCUT2D eigenvalue weighted by Crippen LogP contribution is 2.29. The number of nitrogens with one attached hydrogen (secondary N) is 1. The Morgan fingerprint density at radius 3 is 2.57 bits per heavy atom. The highest BCUT2D eigenvalue weighted by Gasteiger charge is 2.33. The molecule has 0 saturated carbocycles. The molecule has 7 nitrogen and oxygen atoms in total. The second-order valence-electron chi connectivity index (χ2n) is 7.15. The lowest BCUT2D eigenvalue weighted by Crippen LogP contribution is -2.52. The molecule has 0 fully saturated rings. The van der Waals surface area contributed by atoms with Crippen molar-refractivity contribution in [3.63, 3.8) is 0 Å². The van der Waals surface area contributed by atoms with Gasteiger partial charge in [-0.3, -0.25) is 4.79 Å². The van der Waals surface area contributed by atoms with Crippen molar-refractivity contribution in [3.05, 3.63) is 29.5 Å². The zero-order valence-electron chi connectivity index (χ0n) is 17.1. The topological polar surface area (TPSA) is 102 Å². The number of esters is 1. The summed E-state index contributed by atoms with van der Waals surface area (Å²) in [4.78, 5) is 24.9. The second kappa shape index (κ2) is 8.34. The highest BCUT2D eigenvalue weighted by atomic mass is 16.6. The molecular formula is C21H26N2O5. The fourth-order valence-corrected chi connectivity index (χ4v) is 2.58. The minimum absolute atomic E-state index is 0.0372. The van der Waals surface area contributed by atoms with Crippen LogP contribution in [0, 0.1) is 24.2 Å². The molecule has 0 aliphatic carbocycles. The first kappa shape index (κ1) is 21.3. The zero-order valence-corrected chi connectivity index (χ0v) is 17.1. The summed E-state index contributed by atoms with van der Waals surface area (Å²) in [7, 11) is 0. The largest absolute Gasteiger partial charge is 0.494 e. The van der Waals surface area contributed by atoms with Crippen molar-refractivity contribution in [2.75, 3.05) is 6.61 Å². The van der Waals surface area contributed by atoms with Crippen molar-refractivity contribution < 1.29 is 23.5 Å². The van der Waals surface area contributed by atoms with Crippen LogP contribution >= 0.6 is 0 Å². The van der Waals surface area contributed by atoms with E-state index in [0.29, 0.717) is 23.5 Å². The van der Waals surface area contributed by atoms with Crippen LogP contribution in [0.15, 0.2) is 22.6 Å². The molecule has 1 N–H and O–H groups in total. The molecule has 0 unspecified atom stereocenters. The Hall–Kier alpha value is -3.01. The Balaban J connectivity index is 2.17. The Morgan fingerprint density at radius 1 is 1.32 bits per heavy atom. The van der Waals surface area contributed by atoms with Crippen LogP contribution in [0.1, 0.15) is 50.7 Å². The minimum atomic E-state index is -1.08. The van der Waals surface area contributed by atoms with Crippen LogP contribution in [0.4, 0.5) is 0 Å². The Kier molecular flexibility index (Phi) is 6.34. The van der Waals surface area contributed by atoms with Gasteiger partial charge in [-0.1, -0.05) is 13.8 Å². The number of ether oxygens (including phenoxy) is 2. The van der Waals surface area contributed by atoms with E-state index in [4.69, 9.17) is 13.9 Å². The summed E-state index contributed by atoms with van der Waals surface area (Å²) < 4.78 is 16.4. The molecule has 1 aromatic heterocycles. The first-order valence-electron chi connectivity index (χ1n) is 9.23. The van der Waals surface area contributed by atoms with E-state index in [9.17, 15) is 14.9 Å². The van der Waals surface area contributed by atoms with Gasteiger partial charge >= 0.3 is 5.97 Å². The number of aryl methyl sites for hydroxylation is 1. The van der Waals surface area contributed by atoms with Crippen molar-refractivity contribution in [2.24, 2.45) is 5.92 Å². The van der Waals surface area contributed by atoms with E-state index in [1.807, 2.05) is 20.8 Å². The lowest BCUT2D eigenvalue weighted by Gasteiger charge is -2.28. The van der Waals surface area contributed by atoms with Crippen molar-refractivity contribution in [3.8, 4) is 11.8 Å². The molecule has 2 atom stereocenters. The normalized spacial score (nSPS) is 14.2. The maximum absolute atomic E-state index is 12.5. The standard InChI is InChI=1S/C21H26N2O5/c1-7-26-15-8-9-17-16(10-15)13(4)18(28-17)20(25)27-14(5)19(24)23-21(6,11-22)12(2)3/h8-10,12,14H,7H2,1-6H3,(H,23,24)/t14-,21-/m0/s1. The quantitative estimate of drug-likeness (QED) is 0.727. The van der Waals surface area contributed by atoms with Crippen LogP contribution in [0.2, 0.25) is 0 Å². The molecular weight excluding hydrogens is 360 g/mol. The molecule has 28 heavy (non-hydrogen) atoms. The third-order valence-electron chi connectivity index (χ3n) is 4.83. The van der Waals surface area contributed by atoms with Crippen LogP contribution in [0.3, 0.4) is 0 Å². The number of carbonyl (C=O) groups excluding carboxylic acids is 2. The van der Waals surface area contributed by atoms with E-state index >= 15 is 0 Å². The highest BCUT2D eigenvalue weighted by molar-refractivity contribution is 5.97. The van der Waals surface area contributed by atoms with E-state index in [0.717, 1.165) is 5.39 Å². The van der Waals surface area contributed by atoms with Crippen LogP contribution in [-0.4, -0.2) is 30.1 Å². The number of amides is 1. The van der Waals surface area contributed by atoms with Gasteiger partial charge in [0.05, 0.1) is 12.7 Å². The van der Waals surface area contributed by atoms with E-state index in [-0.39, 0.29) is 11.7 Å². The monoisotopic (exact) mass is 386 g/mol. The molecule has 1 amide bonds. The van der Waals surface area contributed by atoms with E-state index in [1.165, 1.54) is 6.92 Å². The molecule has 2 rings (SSSR count). The van der Waals surface area contributed by atoms with Gasteiger partial charge in [0, 0.05) is 10.9 Å². The van der Waals surface area contributed by atoms with Crippen LogP contribution < -0.4 is 10.1 Å². The molecule has 150 valence electrons. The fourth-order valence-electron chi connectivity index (χ4n) is 2.58. The fraction of sp³-hybridized carbons (Fsp3) is 0.476. The van der Waals surface area contributed by atoms with Crippen LogP contribution in [-0.2, 0) is 9.53 Å². The molecule has 0 spiro atoms. The number of nitriles is 1. The van der Waals surface area contributed by atoms with Crippen molar-refractivity contribution in [1.82, 2.24) is 5.32 Å². The van der Waals surface area contributed by atoms with Crippen LogP contribution in [0.25, 0.3) is 11.0 Å². The van der Waals surface area contributed by atoms with Gasteiger partial charge in [0.1, 0.15) is 16.9 Å². The van der Waals surface area contributed by atoms with Gasteiger partial charge < -0.3 is 19.2 Å². The SMILES string of the molecule is CCOc1ccc2oc(C(=O)O[C@@H](C)C(=O)N[C@@](C)(C#N)C(C)C)c(C)c2c1. The van der Waals surface area contributed by atoms with Gasteiger partial charge in [-0.05, 0) is 51.8 Å². The lowest BCUT2D eigenvalue weighted by molar-refractivity contribution is -0.130. The Morgan fingerprint density at radius 2 is 2.00 bits per heavy atom. The van der Waals surface area contributed by atoms with Gasteiger partial charge in [0.25, 0.3) is 5.91 Å². The average molecular weight is 386 g/mol. The average Bonchev–Trinajstić information content (AvgIpc) is 2.98. The van der Waals surface area contributed by atoms with Crippen molar-refractivity contribution in [2.45, 2.75) is 53.2 Å². The van der Waals surface area contributed by atoms with Gasteiger partial charge in [0.2, 0.25) is 5.76 Å². The first-order chi connectivity index (χ1) is 13.1. The van der Waals surface area contributed by atoms with E-state index in [2.05, 4.69) is 11.4 Å². The minimum Gasteiger partial charge on any atom is -0.494 e. The van der Waals surface area contributed by atoms with E-state index < -0.39 is 23.5 Å². The number of rotatable bonds is 7. The van der Waals surface area contributed by atoms with Crippen molar-refractivity contribution in [1.29, 1.82) is 5.26 Å². The molecule has 2 aromatic rings. The Labute approximate surface area is 164 Å². The molecule has 0 saturated heterocycles. The summed E-state index contributed by atoms with van der Waals surface area (Å²) in [5.74, 6) is -0.677. The van der Waals surface area contributed by atoms with Gasteiger partial charge in [-0.25, -0.2) is 4.79 Å². The molecule has 1 heterocycles.